The van der Waals surface area contributed by atoms with E-state index < -0.39 is 0 Å². The van der Waals surface area contributed by atoms with E-state index in [0.29, 0.717) is 13.2 Å². The number of benzene rings is 6. The normalized spacial score (nSPS) is 12.1. The zero-order valence-corrected chi connectivity index (χ0v) is 28.0. The topological polar surface area (TPSA) is 35.0 Å². The highest BCUT2D eigenvalue weighted by atomic mass is 16.5. The molecule has 3 heterocycles. The molecule has 0 spiro atoms. The van der Waals surface area contributed by atoms with Crippen LogP contribution in [0.4, 0.5) is 0 Å². The second-order valence-electron chi connectivity index (χ2n) is 13.0. The fraction of sp³-hybridized carbons (Fsp3) is 0.0417. The first-order valence-corrected chi connectivity index (χ1v) is 17.4. The van der Waals surface area contributed by atoms with Crippen LogP contribution >= 0.6 is 0 Å². The van der Waals surface area contributed by atoms with E-state index >= 15 is 0 Å². The summed E-state index contributed by atoms with van der Waals surface area (Å²) < 4.78 is 6.23. The Labute approximate surface area is 298 Å². The van der Waals surface area contributed by atoms with Crippen LogP contribution in [0.2, 0.25) is 0 Å². The average molecular weight is 655 g/mol. The van der Waals surface area contributed by atoms with Crippen molar-refractivity contribution in [3.8, 4) is 78.4 Å². The zero-order valence-electron chi connectivity index (χ0n) is 28.0. The zero-order chi connectivity index (χ0) is 34.0. The van der Waals surface area contributed by atoms with Crippen molar-refractivity contribution >= 4 is 0 Å². The van der Waals surface area contributed by atoms with Gasteiger partial charge < -0.3 is 4.74 Å². The van der Waals surface area contributed by atoms with Gasteiger partial charge in [-0.3, -0.25) is 0 Å². The molecule has 1 aliphatic heterocycles. The van der Waals surface area contributed by atoms with E-state index in [9.17, 15) is 0 Å². The van der Waals surface area contributed by atoms with Crippen LogP contribution in [0.1, 0.15) is 11.1 Å². The number of fused-ring (bicyclic) bond motifs is 3. The summed E-state index contributed by atoms with van der Waals surface area (Å²) in [6, 6.07) is 64.1. The summed E-state index contributed by atoms with van der Waals surface area (Å²) in [5.74, 6) is 0. The van der Waals surface area contributed by atoms with Crippen molar-refractivity contribution in [1.29, 1.82) is 0 Å². The maximum absolute atomic E-state index is 6.23. The molecule has 2 aromatic heterocycles. The second kappa shape index (κ2) is 13.5. The average Bonchev–Trinajstić information content (AvgIpc) is 3.40. The smallest absolute Gasteiger partial charge is 0.0727 e. The van der Waals surface area contributed by atoms with Crippen LogP contribution < -0.4 is 0 Å². The van der Waals surface area contributed by atoms with Gasteiger partial charge in [-0.1, -0.05) is 146 Å². The van der Waals surface area contributed by atoms with Crippen LogP contribution in [0.15, 0.2) is 182 Å². The number of ether oxygens (including phenoxy) is 1. The number of pyridine rings is 2. The lowest BCUT2D eigenvalue weighted by Crippen LogP contribution is -1.94. The van der Waals surface area contributed by atoms with Crippen molar-refractivity contribution in [3.05, 3.63) is 193 Å². The minimum absolute atomic E-state index is 0.562. The summed E-state index contributed by atoms with van der Waals surface area (Å²) in [5, 5.41) is 0. The lowest BCUT2D eigenvalue weighted by molar-refractivity contribution is 0.110. The predicted octanol–water partition coefficient (Wildman–Crippen LogP) is 12.2. The van der Waals surface area contributed by atoms with Gasteiger partial charge >= 0.3 is 0 Å². The van der Waals surface area contributed by atoms with E-state index in [4.69, 9.17) is 14.7 Å². The van der Waals surface area contributed by atoms with Crippen LogP contribution in [-0.4, -0.2) is 9.97 Å². The molecule has 9 rings (SSSR count). The van der Waals surface area contributed by atoms with Crippen molar-refractivity contribution in [2.75, 3.05) is 0 Å². The molecule has 0 amide bonds. The van der Waals surface area contributed by atoms with Crippen molar-refractivity contribution in [2.24, 2.45) is 0 Å². The Balaban J connectivity index is 1.18. The molecule has 3 nitrogen and oxygen atoms in total. The van der Waals surface area contributed by atoms with Gasteiger partial charge in [-0.25, -0.2) is 9.97 Å². The van der Waals surface area contributed by atoms with E-state index in [1.807, 2.05) is 24.3 Å². The van der Waals surface area contributed by atoms with Crippen molar-refractivity contribution in [2.45, 2.75) is 13.2 Å². The van der Waals surface area contributed by atoms with Crippen LogP contribution in [-0.2, 0) is 18.0 Å². The quantitative estimate of drug-likeness (QED) is 0.179. The second-order valence-corrected chi connectivity index (χ2v) is 13.0. The fourth-order valence-electron chi connectivity index (χ4n) is 6.96. The molecule has 8 aromatic rings. The molecule has 0 bridgehead atoms. The van der Waals surface area contributed by atoms with E-state index in [1.54, 1.807) is 0 Å². The Morgan fingerprint density at radius 3 is 0.922 bits per heavy atom. The lowest BCUT2D eigenvalue weighted by atomic mass is 9.90. The summed E-state index contributed by atoms with van der Waals surface area (Å²) in [5.41, 5.74) is 17.5. The predicted molar refractivity (Wildman–Crippen MR) is 209 cm³/mol. The van der Waals surface area contributed by atoms with Crippen LogP contribution in [0, 0.1) is 0 Å². The van der Waals surface area contributed by atoms with Gasteiger partial charge in [-0.15, -0.1) is 0 Å². The van der Waals surface area contributed by atoms with E-state index in [2.05, 4.69) is 158 Å². The van der Waals surface area contributed by atoms with Crippen molar-refractivity contribution in [3.63, 3.8) is 0 Å². The van der Waals surface area contributed by atoms with E-state index in [-0.39, 0.29) is 0 Å². The molecule has 0 atom stereocenters. The molecule has 0 saturated heterocycles. The standard InChI is InChI=1S/C48H34N2O/c1-5-13-33(14-6-1)45-27-41(28-46(49-45)34-15-7-2-8-16-34)37-21-23-39-31-51-32-40-24-22-38(26-44(40)43(39)25-37)42-29-47(35-17-9-3-10-18-35)50-48(30-42)36-19-11-4-12-20-36/h1-30H,31-32H2. The molecule has 0 radical (unpaired) electrons. The minimum Gasteiger partial charge on any atom is -0.372 e. The SMILES string of the molecule is c1ccc(-c2cc(-c3ccc4c(c3)-c3cc(-c5cc(-c6ccccc6)nc(-c6ccccc6)c5)ccc3COC4)cc(-c3ccccc3)n2)cc1. The Morgan fingerprint density at radius 2 is 0.608 bits per heavy atom. The van der Waals surface area contributed by atoms with Crippen LogP contribution in [0.25, 0.3) is 78.4 Å². The lowest BCUT2D eigenvalue weighted by Gasteiger charge is -2.15. The molecule has 0 unspecified atom stereocenters. The first kappa shape index (κ1) is 30.6. The van der Waals surface area contributed by atoms with Gasteiger partial charge in [0.2, 0.25) is 0 Å². The molecular weight excluding hydrogens is 621 g/mol. The molecule has 0 aliphatic carbocycles. The van der Waals surface area contributed by atoms with Gasteiger partial charge in [0.15, 0.2) is 0 Å². The number of rotatable bonds is 6. The monoisotopic (exact) mass is 654 g/mol. The van der Waals surface area contributed by atoms with E-state index in [0.717, 1.165) is 67.3 Å². The van der Waals surface area contributed by atoms with Gasteiger partial charge in [0.05, 0.1) is 36.0 Å². The minimum atomic E-state index is 0.562. The van der Waals surface area contributed by atoms with Crippen molar-refractivity contribution in [1.82, 2.24) is 9.97 Å². The van der Waals surface area contributed by atoms with Crippen LogP contribution in [0.5, 0.6) is 0 Å². The van der Waals surface area contributed by atoms with Gasteiger partial charge in [-0.2, -0.15) is 0 Å². The summed E-state index contributed by atoms with van der Waals surface area (Å²) in [6.07, 6.45) is 0. The highest BCUT2D eigenvalue weighted by Gasteiger charge is 2.19. The maximum atomic E-state index is 6.23. The molecule has 0 fully saturated rings. The third-order valence-electron chi connectivity index (χ3n) is 9.62. The van der Waals surface area contributed by atoms with E-state index in [1.165, 1.54) is 22.3 Å². The van der Waals surface area contributed by atoms with Gasteiger partial charge in [-0.05, 0) is 80.9 Å². The van der Waals surface area contributed by atoms with Crippen LogP contribution in [0.3, 0.4) is 0 Å². The Morgan fingerprint density at radius 1 is 0.294 bits per heavy atom. The molecule has 1 aliphatic rings. The Hall–Kier alpha value is -6.42. The maximum Gasteiger partial charge on any atom is 0.0727 e. The summed E-state index contributed by atoms with van der Waals surface area (Å²) in [6.45, 7) is 1.12. The third-order valence-corrected chi connectivity index (χ3v) is 9.62. The van der Waals surface area contributed by atoms with Gasteiger partial charge in [0.25, 0.3) is 0 Å². The third kappa shape index (κ3) is 6.27. The molecule has 0 N–H and O–H groups in total. The summed E-state index contributed by atoms with van der Waals surface area (Å²) in [4.78, 5) is 10.2. The molecule has 51 heavy (non-hydrogen) atoms. The summed E-state index contributed by atoms with van der Waals surface area (Å²) in [7, 11) is 0. The first-order valence-electron chi connectivity index (χ1n) is 17.4. The fourth-order valence-corrected chi connectivity index (χ4v) is 6.96. The molecule has 242 valence electrons. The largest absolute Gasteiger partial charge is 0.372 e. The summed E-state index contributed by atoms with van der Waals surface area (Å²) >= 11 is 0. The van der Waals surface area contributed by atoms with Gasteiger partial charge in [0, 0.05) is 22.3 Å². The number of hydrogen-bond acceptors (Lipinski definition) is 3. The number of hydrogen-bond donors (Lipinski definition) is 0. The van der Waals surface area contributed by atoms with Crippen molar-refractivity contribution < 1.29 is 4.74 Å². The molecular formula is C48H34N2O. The highest BCUT2D eigenvalue weighted by Crippen LogP contribution is 2.40. The molecule has 6 aromatic carbocycles. The number of nitrogens with zero attached hydrogens (tertiary/aromatic N) is 2. The Kier molecular flexibility index (Phi) is 8.09. The molecule has 3 heteroatoms. The highest BCUT2D eigenvalue weighted by molar-refractivity contribution is 5.85. The number of aromatic nitrogens is 2. The van der Waals surface area contributed by atoms with Gasteiger partial charge in [0.1, 0.15) is 0 Å². The molecule has 0 saturated carbocycles. The first-order chi connectivity index (χ1) is 25.2. The Bertz CT molecular complexity index is 2190.